The molecule has 0 radical (unpaired) electrons. The number of carbonyl (C=O) groups excluding carboxylic acids is 2. The van der Waals surface area contributed by atoms with Crippen LogP contribution in [-0.2, 0) is 15.3 Å². The largest absolute Gasteiger partial charge is 0.507 e. The number of unbranched alkanes of at least 4 members (excludes halogenated alkanes) is 3. The molecular weight excluding hydrogens is 556 g/mol. The summed E-state index contributed by atoms with van der Waals surface area (Å²) in [5.41, 5.74) is 2.17. The maximum atomic E-state index is 13.4. The van der Waals surface area contributed by atoms with Crippen LogP contribution in [0.4, 0.5) is 5.13 Å². The minimum atomic E-state index is -0.887. The van der Waals surface area contributed by atoms with Gasteiger partial charge in [-0.25, -0.2) is 0 Å². The predicted octanol–water partition coefficient (Wildman–Crippen LogP) is 6.81. The van der Waals surface area contributed by atoms with E-state index in [1.165, 1.54) is 46.8 Å². The molecule has 1 amide bonds. The molecule has 3 heterocycles. The number of Topliss-reactive ketones (excluding diaryl/α,β-unsaturated/α-hetero) is 1. The Labute approximate surface area is 247 Å². The predicted molar refractivity (Wildman–Crippen MR) is 161 cm³/mol. The lowest BCUT2D eigenvalue weighted by molar-refractivity contribution is -0.132. The summed E-state index contributed by atoms with van der Waals surface area (Å²) >= 11 is 2.75. The number of aliphatic hydroxyl groups is 1. The molecule has 2 aromatic heterocycles. The van der Waals surface area contributed by atoms with Gasteiger partial charge in [0.25, 0.3) is 5.78 Å². The molecule has 1 fully saturated rings. The number of hydrogen-bond acceptors (Lipinski definition) is 9. The van der Waals surface area contributed by atoms with Crippen molar-refractivity contribution >= 4 is 45.7 Å². The first kappa shape index (κ1) is 28.5. The number of ketones is 1. The third-order valence-corrected chi connectivity index (χ3v) is 8.79. The van der Waals surface area contributed by atoms with E-state index in [-0.39, 0.29) is 16.5 Å². The second-order valence-corrected chi connectivity index (χ2v) is 11.7. The zero-order valence-corrected chi connectivity index (χ0v) is 24.2. The van der Waals surface area contributed by atoms with E-state index in [1.54, 1.807) is 12.1 Å². The van der Waals surface area contributed by atoms with Crippen molar-refractivity contribution in [2.75, 3.05) is 11.5 Å². The molecule has 1 N–H and O–H groups in total. The average Bonchev–Trinajstić information content (AvgIpc) is 3.58. The van der Waals surface area contributed by atoms with Crippen LogP contribution in [0, 0.1) is 0 Å². The van der Waals surface area contributed by atoms with Crippen molar-refractivity contribution in [1.29, 1.82) is 0 Å². The van der Waals surface area contributed by atoms with Gasteiger partial charge in [-0.2, -0.15) is 0 Å². The fourth-order valence-electron chi connectivity index (χ4n) is 4.55. The number of aromatic nitrogens is 3. The van der Waals surface area contributed by atoms with Crippen LogP contribution < -0.4 is 9.64 Å². The van der Waals surface area contributed by atoms with Crippen molar-refractivity contribution in [3.63, 3.8) is 0 Å². The Kier molecular flexibility index (Phi) is 9.43. The lowest BCUT2D eigenvalue weighted by Crippen LogP contribution is -2.29. The molecule has 1 atom stereocenters. The summed E-state index contributed by atoms with van der Waals surface area (Å²) < 4.78 is 6.57. The standard InChI is InChI=1S/C31H30N4O4S2/c1-2-3-4-8-19-39-24-13-11-22(12-14-24)26-25(27(36)23-15-17-32-18-16-23)28(37)29(38)35(26)30-33-34-31(41-30)40-20-21-9-6-5-7-10-21/h5-7,9-18,26,36H,2-4,8,19-20H2,1H3/b27-25+. The number of carbonyl (C=O) groups is 2. The molecule has 5 rings (SSSR count). The first-order chi connectivity index (χ1) is 20.1. The van der Waals surface area contributed by atoms with E-state index in [2.05, 4.69) is 22.1 Å². The van der Waals surface area contributed by atoms with E-state index in [4.69, 9.17) is 4.74 Å². The number of pyridine rings is 1. The van der Waals surface area contributed by atoms with Crippen molar-refractivity contribution < 1.29 is 19.4 Å². The highest BCUT2D eigenvalue weighted by Gasteiger charge is 2.48. The van der Waals surface area contributed by atoms with Gasteiger partial charge in [-0.1, -0.05) is 91.7 Å². The third-order valence-electron chi connectivity index (χ3n) is 6.67. The van der Waals surface area contributed by atoms with Crippen LogP contribution in [0.15, 0.2) is 89.0 Å². The monoisotopic (exact) mass is 586 g/mol. The molecule has 4 aromatic rings. The van der Waals surface area contributed by atoms with Crippen molar-refractivity contribution in [1.82, 2.24) is 15.2 Å². The minimum Gasteiger partial charge on any atom is -0.507 e. The zero-order valence-electron chi connectivity index (χ0n) is 22.6. The molecule has 1 aliphatic rings. The molecule has 0 spiro atoms. The SMILES string of the molecule is CCCCCCOc1ccc(C2/C(=C(\O)c3ccncc3)C(=O)C(=O)N2c2nnc(SCc3ccccc3)s2)cc1. The number of hydrogen-bond donors (Lipinski definition) is 1. The number of thioether (sulfide) groups is 1. The number of benzene rings is 2. The maximum Gasteiger partial charge on any atom is 0.301 e. The number of anilines is 1. The number of amides is 1. The number of ether oxygens (including phenoxy) is 1. The number of aliphatic hydroxyl groups excluding tert-OH is 1. The summed E-state index contributed by atoms with van der Waals surface area (Å²) in [6.07, 6.45) is 7.47. The van der Waals surface area contributed by atoms with Gasteiger partial charge in [-0.05, 0) is 41.8 Å². The molecule has 210 valence electrons. The molecule has 41 heavy (non-hydrogen) atoms. The van der Waals surface area contributed by atoms with Crippen molar-refractivity contribution in [3.05, 3.63) is 101 Å². The first-order valence-electron chi connectivity index (χ1n) is 13.5. The summed E-state index contributed by atoms with van der Waals surface area (Å²) in [6, 6.07) is 19.6. The second-order valence-electron chi connectivity index (χ2n) is 9.51. The van der Waals surface area contributed by atoms with Crippen LogP contribution >= 0.6 is 23.1 Å². The van der Waals surface area contributed by atoms with Gasteiger partial charge in [0.15, 0.2) is 4.34 Å². The Hall–Kier alpha value is -4.02. The molecule has 1 saturated heterocycles. The number of nitrogens with zero attached hydrogens (tertiary/aromatic N) is 4. The molecule has 1 aliphatic heterocycles. The maximum absolute atomic E-state index is 13.4. The van der Waals surface area contributed by atoms with Crippen molar-refractivity contribution in [2.24, 2.45) is 0 Å². The van der Waals surface area contributed by atoms with Gasteiger partial charge in [0.05, 0.1) is 18.2 Å². The summed E-state index contributed by atoms with van der Waals surface area (Å²) in [5.74, 6) is -0.420. The zero-order chi connectivity index (χ0) is 28.6. The van der Waals surface area contributed by atoms with E-state index >= 15 is 0 Å². The highest BCUT2D eigenvalue weighted by Crippen LogP contribution is 2.44. The number of rotatable bonds is 12. The fraction of sp³-hybridized carbons (Fsp3) is 0.258. The van der Waals surface area contributed by atoms with Crippen LogP contribution in [0.3, 0.4) is 0 Å². The quantitative estimate of drug-likeness (QED) is 0.0482. The van der Waals surface area contributed by atoms with E-state index in [9.17, 15) is 14.7 Å². The molecule has 1 unspecified atom stereocenters. The molecule has 0 aliphatic carbocycles. The van der Waals surface area contributed by atoms with E-state index in [0.717, 1.165) is 24.8 Å². The topological polar surface area (TPSA) is 106 Å². The van der Waals surface area contributed by atoms with Crippen LogP contribution in [-0.4, -0.2) is 38.6 Å². The van der Waals surface area contributed by atoms with Crippen LogP contribution in [0.1, 0.15) is 55.3 Å². The summed E-state index contributed by atoms with van der Waals surface area (Å²) in [7, 11) is 0. The van der Waals surface area contributed by atoms with E-state index < -0.39 is 17.7 Å². The van der Waals surface area contributed by atoms with Gasteiger partial charge in [0.1, 0.15) is 11.5 Å². The lowest BCUT2D eigenvalue weighted by Gasteiger charge is -2.22. The highest BCUT2D eigenvalue weighted by atomic mass is 32.2. The molecular formula is C31H30N4O4S2. The van der Waals surface area contributed by atoms with Crippen molar-refractivity contribution in [2.45, 2.75) is 48.7 Å². The van der Waals surface area contributed by atoms with Crippen LogP contribution in [0.25, 0.3) is 5.76 Å². The Bertz CT molecular complexity index is 1510. The Morgan fingerprint density at radius 1 is 0.976 bits per heavy atom. The van der Waals surface area contributed by atoms with Gasteiger partial charge >= 0.3 is 5.91 Å². The second kappa shape index (κ2) is 13.6. The van der Waals surface area contributed by atoms with Gasteiger partial charge in [-0.15, -0.1) is 10.2 Å². The van der Waals surface area contributed by atoms with Gasteiger partial charge in [0, 0.05) is 23.7 Å². The summed E-state index contributed by atoms with van der Waals surface area (Å²) in [6.45, 7) is 2.79. The van der Waals surface area contributed by atoms with E-state index in [1.807, 2.05) is 54.6 Å². The average molecular weight is 587 g/mol. The molecule has 8 nitrogen and oxygen atoms in total. The van der Waals surface area contributed by atoms with Crippen LogP contribution in [0.5, 0.6) is 5.75 Å². The Balaban J connectivity index is 1.45. The van der Waals surface area contributed by atoms with E-state index in [0.29, 0.717) is 33.6 Å². The smallest absolute Gasteiger partial charge is 0.301 e. The summed E-state index contributed by atoms with van der Waals surface area (Å²) in [5, 5.41) is 20.1. The first-order valence-corrected chi connectivity index (χ1v) is 15.3. The fourth-order valence-corrected chi connectivity index (χ4v) is 6.38. The van der Waals surface area contributed by atoms with Gasteiger partial charge < -0.3 is 9.84 Å². The third kappa shape index (κ3) is 6.66. The molecule has 0 bridgehead atoms. The Morgan fingerprint density at radius 2 is 1.73 bits per heavy atom. The molecule has 10 heteroatoms. The highest BCUT2D eigenvalue weighted by molar-refractivity contribution is 8.00. The lowest BCUT2D eigenvalue weighted by atomic mass is 9.95. The Morgan fingerprint density at radius 3 is 2.46 bits per heavy atom. The normalized spacial score (nSPS) is 16.3. The van der Waals surface area contributed by atoms with Crippen LogP contribution in [0.2, 0.25) is 0 Å². The molecule has 2 aromatic carbocycles. The molecule has 0 saturated carbocycles. The van der Waals surface area contributed by atoms with Crippen molar-refractivity contribution in [3.8, 4) is 5.75 Å². The summed E-state index contributed by atoms with van der Waals surface area (Å²) in [4.78, 5) is 32.2. The van der Waals surface area contributed by atoms with Gasteiger partial charge in [0.2, 0.25) is 5.13 Å². The van der Waals surface area contributed by atoms with Gasteiger partial charge in [-0.3, -0.25) is 19.5 Å². The minimum absolute atomic E-state index is 0.0110.